The molecule has 0 atom stereocenters. The van der Waals surface area contributed by atoms with Crippen molar-refractivity contribution in [3.63, 3.8) is 0 Å². The van der Waals surface area contributed by atoms with Gasteiger partial charge in [0.1, 0.15) is 12.4 Å². The number of carbonyl (C=O) groups excluding carboxylic acids is 1. The predicted molar refractivity (Wildman–Crippen MR) is 96.7 cm³/mol. The summed E-state index contributed by atoms with van der Waals surface area (Å²) in [6.45, 7) is 4.01. The van der Waals surface area contributed by atoms with Crippen LogP contribution in [0.5, 0.6) is 5.75 Å². The van der Waals surface area contributed by atoms with Crippen molar-refractivity contribution in [2.24, 2.45) is 7.05 Å². The largest absolute Gasteiger partial charge is 0.489 e. The lowest BCUT2D eigenvalue weighted by Gasteiger charge is -2.39. The first-order valence-corrected chi connectivity index (χ1v) is 8.72. The third-order valence-electron chi connectivity index (χ3n) is 4.62. The first-order chi connectivity index (χ1) is 12.1. The zero-order valence-electron chi connectivity index (χ0n) is 14.1. The van der Waals surface area contributed by atoms with Crippen LogP contribution < -0.4 is 14.5 Å². The quantitative estimate of drug-likeness (QED) is 0.781. The van der Waals surface area contributed by atoms with Crippen molar-refractivity contribution in [3.05, 3.63) is 35.6 Å². The minimum absolute atomic E-state index is 0.0257. The van der Waals surface area contributed by atoms with Gasteiger partial charge in [-0.15, -0.1) is 0 Å². The van der Waals surface area contributed by atoms with E-state index in [1.807, 2.05) is 30.4 Å². The van der Waals surface area contributed by atoms with Crippen molar-refractivity contribution in [3.8, 4) is 5.75 Å². The van der Waals surface area contributed by atoms with Crippen LogP contribution in [0.2, 0.25) is 5.02 Å². The number of rotatable bonds is 1. The van der Waals surface area contributed by atoms with E-state index in [1.165, 1.54) is 0 Å². The molecule has 3 heterocycles. The molecule has 1 fully saturated rings. The standard InChI is InChI=1S/C17H20ClN5O2/c1-20-12-14(11-19-20)21-4-6-22(7-5-21)17(24)23-8-9-25-16-10-13(18)2-3-15(16)23/h2-3,10-12H,4-9H2,1H3. The van der Waals surface area contributed by atoms with Crippen LogP contribution in [0.15, 0.2) is 30.6 Å². The Morgan fingerprint density at radius 2 is 2.00 bits per heavy atom. The lowest BCUT2D eigenvalue weighted by molar-refractivity contribution is 0.196. The number of anilines is 2. The Morgan fingerprint density at radius 1 is 1.20 bits per heavy atom. The molecule has 0 radical (unpaired) electrons. The summed E-state index contributed by atoms with van der Waals surface area (Å²) in [6.07, 6.45) is 3.86. The van der Waals surface area contributed by atoms with Gasteiger partial charge in [-0.2, -0.15) is 5.10 Å². The molecule has 2 aromatic rings. The van der Waals surface area contributed by atoms with Crippen LogP contribution in [0.1, 0.15) is 0 Å². The van der Waals surface area contributed by atoms with Crippen LogP contribution in [0, 0.1) is 0 Å². The maximum atomic E-state index is 13.0. The lowest BCUT2D eigenvalue weighted by atomic mass is 10.2. The van der Waals surface area contributed by atoms with Crippen LogP contribution in [0.25, 0.3) is 0 Å². The Labute approximate surface area is 151 Å². The fourth-order valence-corrected chi connectivity index (χ4v) is 3.45. The number of carbonyl (C=O) groups is 1. The summed E-state index contributed by atoms with van der Waals surface area (Å²) < 4.78 is 7.43. The molecule has 1 saturated heterocycles. The molecule has 2 aliphatic heterocycles. The van der Waals surface area contributed by atoms with Gasteiger partial charge < -0.3 is 14.5 Å². The van der Waals surface area contributed by atoms with Crippen molar-refractivity contribution >= 4 is 29.0 Å². The maximum absolute atomic E-state index is 13.0. The van der Waals surface area contributed by atoms with Gasteiger partial charge in [-0.3, -0.25) is 9.58 Å². The molecule has 1 aromatic heterocycles. The Kier molecular flexibility index (Phi) is 4.17. The molecule has 1 aromatic carbocycles. The summed E-state index contributed by atoms with van der Waals surface area (Å²) in [5, 5.41) is 4.82. The minimum atomic E-state index is 0.0257. The van der Waals surface area contributed by atoms with Crippen LogP contribution in [-0.4, -0.2) is 60.0 Å². The molecule has 2 amide bonds. The van der Waals surface area contributed by atoms with Crippen LogP contribution in [-0.2, 0) is 7.05 Å². The number of ether oxygens (including phenoxy) is 1. The van der Waals surface area contributed by atoms with E-state index in [0.717, 1.165) is 24.5 Å². The highest BCUT2D eigenvalue weighted by molar-refractivity contribution is 6.30. The zero-order chi connectivity index (χ0) is 17.4. The molecule has 0 spiro atoms. The molecule has 25 heavy (non-hydrogen) atoms. The van der Waals surface area contributed by atoms with E-state index in [-0.39, 0.29) is 6.03 Å². The van der Waals surface area contributed by atoms with E-state index in [4.69, 9.17) is 16.3 Å². The second-order valence-electron chi connectivity index (χ2n) is 6.24. The molecule has 0 aliphatic carbocycles. The van der Waals surface area contributed by atoms with Gasteiger partial charge in [-0.25, -0.2) is 4.79 Å². The predicted octanol–water partition coefficient (Wildman–Crippen LogP) is 2.21. The Hall–Kier alpha value is -2.41. The number of fused-ring (bicyclic) bond motifs is 1. The maximum Gasteiger partial charge on any atom is 0.324 e. The molecule has 8 heteroatoms. The molecule has 0 bridgehead atoms. The summed E-state index contributed by atoms with van der Waals surface area (Å²) >= 11 is 6.02. The van der Waals surface area contributed by atoms with E-state index in [1.54, 1.807) is 21.7 Å². The average molecular weight is 362 g/mol. The fraction of sp³-hybridized carbons (Fsp3) is 0.412. The van der Waals surface area contributed by atoms with Gasteiger partial charge >= 0.3 is 6.03 Å². The summed E-state index contributed by atoms with van der Waals surface area (Å²) in [4.78, 5) is 18.9. The molecule has 4 rings (SSSR count). The van der Waals surface area contributed by atoms with Crippen LogP contribution in [0.4, 0.5) is 16.2 Å². The van der Waals surface area contributed by atoms with Gasteiger partial charge in [0.2, 0.25) is 0 Å². The topological polar surface area (TPSA) is 53.8 Å². The summed E-state index contributed by atoms with van der Waals surface area (Å²) in [5.41, 5.74) is 1.89. The molecule has 0 N–H and O–H groups in total. The molecule has 0 unspecified atom stereocenters. The molecule has 7 nitrogen and oxygen atoms in total. The number of halogens is 1. The second-order valence-corrected chi connectivity index (χ2v) is 6.68. The van der Waals surface area contributed by atoms with E-state index in [0.29, 0.717) is 37.0 Å². The van der Waals surface area contributed by atoms with Gasteiger partial charge in [0.25, 0.3) is 0 Å². The monoisotopic (exact) mass is 361 g/mol. The number of aryl methyl sites for hydroxylation is 1. The highest BCUT2D eigenvalue weighted by atomic mass is 35.5. The second kappa shape index (κ2) is 6.48. The summed E-state index contributed by atoms with van der Waals surface area (Å²) in [5.74, 6) is 0.668. The lowest BCUT2D eigenvalue weighted by Crippen LogP contribution is -2.54. The molecular weight excluding hydrogens is 342 g/mol. The highest BCUT2D eigenvalue weighted by Gasteiger charge is 2.30. The number of urea groups is 1. The van der Waals surface area contributed by atoms with Crippen molar-refractivity contribution < 1.29 is 9.53 Å². The fourth-order valence-electron chi connectivity index (χ4n) is 3.29. The van der Waals surface area contributed by atoms with Crippen LogP contribution in [0.3, 0.4) is 0 Å². The van der Waals surface area contributed by atoms with Gasteiger partial charge in [0, 0.05) is 50.5 Å². The van der Waals surface area contributed by atoms with E-state index < -0.39 is 0 Å². The number of aromatic nitrogens is 2. The number of nitrogens with zero attached hydrogens (tertiary/aromatic N) is 5. The molecule has 0 saturated carbocycles. The number of amides is 2. The van der Waals surface area contributed by atoms with E-state index in [2.05, 4.69) is 10.00 Å². The van der Waals surface area contributed by atoms with Gasteiger partial charge in [0.05, 0.1) is 24.1 Å². The van der Waals surface area contributed by atoms with Crippen molar-refractivity contribution in [1.29, 1.82) is 0 Å². The highest BCUT2D eigenvalue weighted by Crippen LogP contribution is 2.34. The molecular formula is C17H20ClN5O2. The third-order valence-corrected chi connectivity index (χ3v) is 4.86. The SMILES string of the molecule is Cn1cc(N2CCN(C(=O)N3CCOc4cc(Cl)ccc43)CC2)cn1. The minimum Gasteiger partial charge on any atom is -0.489 e. The summed E-state index contributed by atoms with van der Waals surface area (Å²) in [6, 6.07) is 5.42. The third kappa shape index (κ3) is 3.11. The van der Waals surface area contributed by atoms with E-state index >= 15 is 0 Å². The number of hydrogen-bond donors (Lipinski definition) is 0. The first-order valence-electron chi connectivity index (χ1n) is 8.34. The number of hydrogen-bond acceptors (Lipinski definition) is 4. The normalized spacial score (nSPS) is 17.3. The smallest absolute Gasteiger partial charge is 0.324 e. The van der Waals surface area contributed by atoms with Crippen molar-refractivity contribution in [1.82, 2.24) is 14.7 Å². The van der Waals surface area contributed by atoms with Gasteiger partial charge in [0.15, 0.2) is 0 Å². The number of benzene rings is 1. The zero-order valence-corrected chi connectivity index (χ0v) is 14.8. The summed E-state index contributed by atoms with van der Waals surface area (Å²) in [7, 11) is 1.91. The van der Waals surface area contributed by atoms with Crippen molar-refractivity contribution in [2.45, 2.75) is 0 Å². The number of piperazine rings is 1. The Morgan fingerprint density at radius 3 is 2.72 bits per heavy atom. The molecule has 2 aliphatic rings. The van der Waals surface area contributed by atoms with Crippen LogP contribution >= 0.6 is 11.6 Å². The Balaban J connectivity index is 1.45. The Bertz CT molecular complexity index is 785. The van der Waals surface area contributed by atoms with E-state index in [9.17, 15) is 4.79 Å². The average Bonchev–Trinajstić information content (AvgIpc) is 3.07. The van der Waals surface area contributed by atoms with Crippen molar-refractivity contribution in [2.75, 3.05) is 49.1 Å². The van der Waals surface area contributed by atoms with Gasteiger partial charge in [-0.05, 0) is 12.1 Å². The first kappa shape index (κ1) is 16.1. The van der Waals surface area contributed by atoms with Gasteiger partial charge in [-0.1, -0.05) is 11.6 Å². The molecule has 132 valence electrons.